The minimum atomic E-state index is -0.522. The van der Waals surface area contributed by atoms with E-state index in [1.54, 1.807) is 12.1 Å². The number of methoxy groups -OCH3 is 1. The van der Waals surface area contributed by atoms with E-state index in [0.717, 1.165) is 60.6 Å². The first kappa shape index (κ1) is 25.9. The molecule has 3 atom stereocenters. The number of carbonyl (C=O) groups excluding carboxylic acids is 2. The molecule has 38 heavy (non-hydrogen) atoms. The third kappa shape index (κ3) is 5.15. The number of halogens is 1. The molecule has 1 saturated carbocycles. The maximum Gasteiger partial charge on any atom is 0.309 e. The second-order valence-corrected chi connectivity index (χ2v) is 10.1. The molecule has 0 spiro atoms. The molecule has 2 aliphatic rings. The van der Waals surface area contributed by atoms with Crippen molar-refractivity contribution in [2.75, 3.05) is 13.7 Å². The van der Waals surface area contributed by atoms with Gasteiger partial charge in [0.05, 0.1) is 25.8 Å². The third-order valence-electron chi connectivity index (χ3n) is 7.65. The van der Waals surface area contributed by atoms with Gasteiger partial charge in [-0.25, -0.2) is 9.37 Å². The lowest BCUT2D eigenvalue weighted by molar-refractivity contribution is -0.145. The number of aromatic nitrogens is 1. The highest BCUT2D eigenvalue weighted by atomic mass is 19.1. The molecule has 1 fully saturated rings. The zero-order valence-corrected chi connectivity index (χ0v) is 21.9. The molecule has 2 heterocycles. The normalized spacial score (nSPS) is 18.1. The number of rotatable bonds is 9. The number of hydrogen-bond acceptors (Lipinski definition) is 6. The molecule has 1 aromatic heterocycles. The van der Waals surface area contributed by atoms with Crippen LogP contribution in [0.2, 0.25) is 0 Å². The van der Waals surface area contributed by atoms with Gasteiger partial charge in [0.15, 0.2) is 6.29 Å². The molecule has 6 nitrogen and oxygen atoms in total. The molecule has 1 aliphatic carbocycles. The van der Waals surface area contributed by atoms with Gasteiger partial charge in [0.25, 0.3) is 0 Å². The predicted octanol–water partition coefficient (Wildman–Crippen LogP) is 6.47. The van der Waals surface area contributed by atoms with Gasteiger partial charge in [-0.05, 0) is 78.8 Å². The van der Waals surface area contributed by atoms with Crippen LogP contribution in [0, 0.1) is 17.7 Å². The van der Waals surface area contributed by atoms with Gasteiger partial charge >= 0.3 is 5.97 Å². The molecule has 1 unspecified atom stereocenters. The van der Waals surface area contributed by atoms with Gasteiger partial charge in [-0.2, -0.15) is 0 Å². The van der Waals surface area contributed by atoms with Crippen LogP contribution in [0.5, 0.6) is 11.6 Å². The standard InChI is InChI=1S/C31H32FNO5/c1-4-37-29-15-25(26(32)16-33-29)24-11-9-21(13-23(24)17-34)27-12-10-19-5-8-22(14-28(19)38-27)30(20-6-7-20)18(2)31(35)36-3/h5,8-9,11,13-18,20,27,30H,4,6-7,10,12H2,1-3H3/t18-,27?,30-/m0/s1. The lowest BCUT2D eigenvalue weighted by atomic mass is 9.82. The molecule has 0 amide bonds. The molecule has 0 bridgehead atoms. The van der Waals surface area contributed by atoms with Crippen molar-refractivity contribution >= 4 is 12.3 Å². The van der Waals surface area contributed by atoms with E-state index in [9.17, 15) is 14.0 Å². The van der Waals surface area contributed by atoms with Crippen LogP contribution in [0.3, 0.4) is 0 Å². The summed E-state index contributed by atoms with van der Waals surface area (Å²) in [5.74, 6) is 0.726. The highest BCUT2D eigenvalue weighted by Crippen LogP contribution is 2.48. The van der Waals surface area contributed by atoms with Gasteiger partial charge in [-0.15, -0.1) is 0 Å². The summed E-state index contributed by atoms with van der Waals surface area (Å²) in [5.41, 5.74) is 4.19. The van der Waals surface area contributed by atoms with Gasteiger partial charge in [0.1, 0.15) is 17.7 Å². The second kappa shape index (κ2) is 10.9. The topological polar surface area (TPSA) is 74.7 Å². The highest BCUT2D eigenvalue weighted by Gasteiger charge is 2.39. The van der Waals surface area contributed by atoms with Crippen LogP contribution in [-0.4, -0.2) is 31.0 Å². The maximum atomic E-state index is 14.6. The van der Waals surface area contributed by atoms with Crippen LogP contribution in [0.4, 0.5) is 4.39 Å². The Hall–Kier alpha value is -3.74. The Bertz CT molecular complexity index is 1350. The Balaban J connectivity index is 1.42. The van der Waals surface area contributed by atoms with Crippen molar-refractivity contribution in [1.29, 1.82) is 0 Å². The van der Waals surface area contributed by atoms with Gasteiger partial charge in [0, 0.05) is 17.2 Å². The molecule has 0 N–H and O–H groups in total. The first-order chi connectivity index (χ1) is 18.4. The molecular weight excluding hydrogens is 485 g/mol. The molecule has 0 radical (unpaired) electrons. The number of aryl methyl sites for hydroxylation is 1. The summed E-state index contributed by atoms with van der Waals surface area (Å²) in [4.78, 5) is 28.3. The Morgan fingerprint density at radius 1 is 1.16 bits per heavy atom. The van der Waals surface area contributed by atoms with E-state index < -0.39 is 5.82 Å². The summed E-state index contributed by atoms with van der Waals surface area (Å²) in [6.45, 7) is 4.17. The van der Waals surface area contributed by atoms with E-state index in [-0.39, 0.29) is 29.5 Å². The molecule has 0 saturated heterocycles. The van der Waals surface area contributed by atoms with Crippen molar-refractivity contribution in [2.24, 2.45) is 11.8 Å². The van der Waals surface area contributed by atoms with E-state index in [2.05, 4.69) is 23.2 Å². The van der Waals surface area contributed by atoms with E-state index in [1.807, 2.05) is 19.9 Å². The number of ether oxygens (including phenoxy) is 3. The van der Waals surface area contributed by atoms with Crippen molar-refractivity contribution in [2.45, 2.75) is 51.6 Å². The maximum absolute atomic E-state index is 14.6. The summed E-state index contributed by atoms with van der Waals surface area (Å²) >= 11 is 0. The first-order valence-electron chi connectivity index (χ1n) is 13.2. The summed E-state index contributed by atoms with van der Waals surface area (Å²) < 4.78 is 31.6. The number of nitrogens with zero attached hydrogens (tertiary/aromatic N) is 1. The zero-order chi connectivity index (χ0) is 26.8. The Kier molecular flexibility index (Phi) is 7.45. The molecule has 2 aromatic carbocycles. The molecule has 5 rings (SSSR count). The van der Waals surface area contributed by atoms with E-state index in [0.29, 0.717) is 29.5 Å². The average Bonchev–Trinajstić information content (AvgIpc) is 3.78. The van der Waals surface area contributed by atoms with Gasteiger partial charge < -0.3 is 14.2 Å². The average molecular weight is 518 g/mol. The number of carbonyl (C=O) groups is 2. The van der Waals surface area contributed by atoms with E-state index >= 15 is 0 Å². The van der Waals surface area contributed by atoms with Crippen molar-refractivity contribution < 1.29 is 28.2 Å². The number of fused-ring (bicyclic) bond motifs is 1. The Morgan fingerprint density at radius 3 is 2.68 bits per heavy atom. The van der Waals surface area contributed by atoms with E-state index in [1.165, 1.54) is 13.2 Å². The lowest BCUT2D eigenvalue weighted by Gasteiger charge is -2.29. The van der Waals surface area contributed by atoms with Crippen molar-refractivity contribution in [1.82, 2.24) is 4.98 Å². The molecular formula is C31H32FNO5. The molecule has 198 valence electrons. The predicted molar refractivity (Wildman–Crippen MR) is 141 cm³/mol. The van der Waals surface area contributed by atoms with Crippen LogP contribution >= 0.6 is 0 Å². The van der Waals surface area contributed by atoms with Crippen molar-refractivity contribution in [3.8, 4) is 22.8 Å². The largest absolute Gasteiger partial charge is 0.485 e. The fourth-order valence-corrected chi connectivity index (χ4v) is 5.56. The number of hydrogen-bond donors (Lipinski definition) is 0. The quantitative estimate of drug-likeness (QED) is 0.239. The van der Waals surface area contributed by atoms with Gasteiger partial charge in [-0.1, -0.05) is 31.2 Å². The highest BCUT2D eigenvalue weighted by molar-refractivity contribution is 5.88. The van der Waals surface area contributed by atoms with Crippen LogP contribution in [-0.2, 0) is 16.0 Å². The number of pyridine rings is 1. The Labute approximate surface area is 222 Å². The monoisotopic (exact) mass is 517 g/mol. The number of benzene rings is 2. The molecule has 3 aromatic rings. The fraction of sp³-hybridized carbons (Fsp3) is 0.387. The van der Waals surface area contributed by atoms with Crippen LogP contribution in [0.15, 0.2) is 48.7 Å². The van der Waals surface area contributed by atoms with Gasteiger partial charge in [0.2, 0.25) is 5.88 Å². The zero-order valence-electron chi connectivity index (χ0n) is 21.9. The van der Waals surface area contributed by atoms with Crippen LogP contribution in [0.1, 0.15) is 72.2 Å². The van der Waals surface area contributed by atoms with Crippen LogP contribution < -0.4 is 9.47 Å². The molecule has 7 heteroatoms. The Morgan fingerprint density at radius 2 is 1.97 bits per heavy atom. The minimum absolute atomic E-state index is 0.0921. The second-order valence-electron chi connectivity index (χ2n) is 10.1. The third-order valence-corrected chi connectivity index (χ3v) is 7.65. The first-order valence-corrected chi connectivity index (χ1v) is 13.2. The van der Waals surface area contributed by atoms with Crippen molar-refractivity contribution in [3.05, 3.63) is 76.7 Å². The number of esters is 1. The summed E-state index contributed by atoms with van der Waals surface area (Å²) in [5, 5.41) is 0. The van der Waals surface area contributed by atoms with Crippen LogP contribution in [0.25, 0.3) is 11.1 Å². The summed E-state index contributed by atoms with van der Waals surface area (Å²) in [7, 11) is 1.43. The SMILES string of the molecule is CCOc1cc(-c2ccc(C3CCc4ccc([C@H](C5CC5)[C@H](C)C(=O)OC)cc4O3)cc2C=O)c(F)cn1. The van der Waals surface area contributed by atoms with Crippen molar-refractivity contribution in [3.63, 3.8) is 0 Å². The summed E-state index contributed by atoms with van der Waals surface area (Å²) in [6, 6.07) is 13.2. The fourth-order valence-electron chi connectivity index (χ4n) is 5.56. The van der Waals surface area contributed by atoms with E-state index in [4.69, 9.17) is 14.2 Å². The molecule has 1 aliphatic heterocycles. The summed E-state index contributed by atoms with van der Waals surface area (Å²) in [6.07, 6.45) is 5.40. The minimum Gasteiger partial charge on any atom is -0.485 e. The van der Waals surface area contributed by atoms with Gasteiger partial charge in [-0.3, -0.25) is 9.59 Å². The smallest absolute Gasteiger partial charge is 0.309 e. The lowest BCUT2D eigenvalue weighted by Crippen LogP contribution is -2.23. The number of aldehydes is 1.